The first kappa shape index (κ1) is 13.1. The third-order valence-electron chi connectivity index (χ3n) is 2.66. The van der Waals surface area contributed by atoms with Crippen LogP contribution in [0.5, 0.6) is 0 Å². The number of nitrogens with two attached hydrogens (primary N) is 1. The summed E-state index contributed by atoms with van der Waals surface area (Å²) in [5, 5.41) is 0.596. The van der Waals surface area contributed by atoms with Gasteiger partial charge >= 0.3 is 0 Å². The molecule has 0 amide bonds. The number of rotatable bonds is 3. The summed E-state index contributed by atoms with van der Waals surface area (Å²) < 4.78 is 0. The van der Waals surface area contributed by atoms with E-state index < -0.39 is 6.04 Å². The maximum absolute atomic E-state index is 12.3. The van der Waals surface area contributed by atoms with Crippen molar-refractivity contribution >= 4 is 29.0 Å². The van der Waals surface area contributed by atoms with Crippen LogP contribution in [0.1, 0.15) is 22.0 Å². The summed E-state index contributed by atoms with van der Waals surface area (Å²) in [6.45, 7) is 0. The first-order chi connectivity index (χ1) is 8.61. The minimum absolute atomic E-state index is 0.242. The molecule has 0 saturated carbocycles. The molecule has 0 bridgehead atoms. The Kier molecular flexibility index (Phi) is 4.02. The average Bonchev–Trinajstić information content (AvgIpc) is 2.41. The van der Waals surface area contributed by atoms with Crippen molar-refractivity contribution in [2.45, 2.75) is 6.04 Å². The average molecular weight is 280 g/mol. The van der Waals surface area contributed by atoms with Crippen LogP contribution < -0.4 is 5.73 Å². The van der Waals surface area contributed by atoms with Gasteiger partial charge in [-0.2, -0.15) is 0 Å². The third-order valence-corrected chi connectivity index (χ3v) is 3.48. The number of carbonyl (C=O) groups is 1. The van der Waals surface area contributed by atoms with Crippen LogP contribution in [-0.2, 0) is 0 Å². The fourth-order valence-electron chi connectivity index (χ4n) is 1.67. The van der Waals surface area contributed by atoms with Crippen LogP contribution in [0.15, 0.2) is 48.5 Å². The Labute approximate surface area is 115 Å². The molecule has 2 aromatic rings. The molecule has 1 unspecified atom stereocenters. The van der Waals surface area contributed by atoms with Crippen LogP contribution in [0.2, 0.25) is 10.0 Å². The van der Waals surface area contributed by atoms with E-state index >= 15 is 0 Å². The lowest BCUT2D eigenvalue weighted by molar-refractivity contribution is 0.0961. The summed E-state index contributed by atoms with van der Waals surface area (Å²) in [6, 6.07) is 13.4. The first-order valence-corrected chi connectivity index (χ1v) is 6.15. The number of hydrogen-bond donors (Lipinski definition) is 1. The fraction of sp³-hybridized carbons (Fsp3) is 0.0714. The Morgan fingerprint density at radius 3 is 2.33 bits per heavy atom. The maximum atomic E-state index is 12.3. The summed E-state index contributed by atoms with van der Waals surface area (Å²) in [7, 11) is 0. The van der Waals surface area contributed by atoms with Gasteiger partial charge in [0.25, 0.3) is 0 Å². The Bertz CT molecular complexity index is 569. The zero-order valence-electron chi connectivity index (χ0n) is 9.44. The molecular formula is C14H11Cl2NO. The summed E-state index contributed by atoms with van der Waals surface area (Å²) in [5.74, 6) is -0.242. The van der Waals surface area contributed by atoms with Gasteiger partial charge in [0, 0.05) is 5.56 Å². The monoisotopic (exact) mass is 279 g/mol. The second-order valence-electron chi connectivity index (χ2n) is 3.85. The highest BCUT2D eigenvalue weighted by atomic mass is 35.5. The SMILES string of the molecule is NC(C(=O)c1cccc(Cl)c1Cl)c1ccccc1. The molecule has 0 aliphatic carbocycles. The molecule has 0 aliphatic heterocycles. The van der Waals surface area contributed by atoms with Crippen molar-refractivity contribution in [3.63, 3.8) is 0 Å². The number of carbonyl (C=O) groups excluding carboxylic acids is 1. The molecule has 0 radical (unpaired) electrons. The number of benzene rings is 2. The Morgan fingerprint density at radius 2 is 1.67 bits per heavy atom. The summed E-state index contributed by atoms with van der Waals surface area (Å²) >= 11 is 11.9. The van der Waals surface area contributed by atoms with E-state index in [1.165, 1.54) is 0 Å². The van der Waals surface area contributed by atoms with Crippen molar-refractivity contribution in [2.75, 3.05) is 0 Å². The minimum atomic E-state index is -0.734. The van der Waals surface area contributed by atoms with Crippen LogP contribution in [-0.4, -0.2) is 5.78 Å². The van der Waals surface area contributed by atoms with E-state index in [1.807, 2.05) is 18.2 Å². The fourth-order valence-corrected chi connectivity index (χ4v) is 2.07. The van der Waals surface area contributed by atoms with Crippen LogP contribution >= 0.6 is 23.2 Å². The molecule has 0 aromatic heterocycles. The lowest BCUT2D eigenvalue weighted by atomic mass is 9.98. The zero-order valence-corrected chi connectivity index (χ0v) is 10.9. The molecule has 92 valence electrons. The smallest absolute Gasteiger partial charge is 0.185 e. The summed E-state index contributed by atoms with van der Waals surface area (Å²) in [6.07, 6.45) is 0. The highest BCUT2D eigenvalue weighted by Gasteiger charge is 2.20. The van der Waals surface area contributed by atoms with Gasteiger partial charge in [0.2, 0.25) is 0 Å². The summed E-state index contributed by atoms with van der Waals surface area (Å²) in [5.41, 5.74) is 7.03. The van der Waals surface area contributed by atoms with E-state index in [2.05, 4.69) is 0 Å². The van der Waals surface area contributed by atoms with E-state index in [0.717, 1.165) is 5.56 Å². The molecule has 0 fully saturated rings. The predicted octanol–water partition coefficient (Wildman–Crippen LogP) is 3.88. The molecule has 0 spiro atoms. The molecule has 2 nitrogen and oxygen atoms in total. The quantitative estimate of drug-likeness (QED) is 0.867. The Balaban J connectivity index is 2.35. The number of Topliss-reactive ketones (excluding diaryl/α,β-unsaturated/α-hetero) is 1. The minimum Gasteiger partial charge on any atom is -0.318 e. The Hall–Kier alpha value is -1.35. The van der Waals surface area contributed by atoms with Gasteiger partial charge in [0.1, 0.15) is 0 Å². The van der Waals surface area contributed by atoms with E-state index in [1.54, 1.807) is 30.3 Å². The van der Waals surface area contributed by atoms with Crippen molar-refractivity contribution in [1.82, 2.24) is 0 Å². The molecular weight excluding hydrogens is 269 g/mol. The lowest BCUT2D eigenvalue weighted by Gasteiger charge is -2.12. The second kappa shape index (κ2) is 5.53. The van der Waals surface area contributed by atoms with Crippen molar-refractivity contribution in [1.29, 1.82) is 0 Å². The molecule has 0 heterocycles. The normalized spacial score (nSPS) is 12.2. The number of hydrogen-bond acceptors (Lipinski definition) is 2. The van der Waals surface area contributed by atoms with Crippen molar-refractivity contribution < 1.29 is 4.79 Å². The highest BCUT2D eigenvalue weighted by Crippen LogP contribution is 2.28. The Morgan fingerprint density at radius 1 is 1.00 bits per heavy atom. The van der Waals surface area contributed by atoms with Crippen LogP contribution in [0.3, 0.4) is 0 Å². The predicted molar refractivity (Wildman–Crippen MR) is 74.2 cm³/mol. The van der Waals surface area contributed by atoms with Crippen molar-refractivity contribution in [2.24, 2.45) is 5.73 Å². The van der Waals surface area contributed by atoms with Crippen molar-refractivity contribution in [3.8, 4) is 0 Å². The van der Waals surface area contributed by atoms with Gasteiger partial charge in [-0.1, -0.05) is 59.6 Å². The molecule has 2 N–H and O–H groups in total. The summed E-state index contributed by atoms with van der Waals surface area (Å²) in [4.78, 5) is 12.3. The molecule has 1 atom stereocenters. The van der Waals surface area contributed by atoms with E-state index in [-0.39, 0.29) is 10.8 Å². The van der Waals surface area contributed by atoms with Crippen molar-refractivity contribution in [3.05, 3.63) is 69.7 Å². The molecule has 2 aromatic carbocycles. The van der Waals surface area contributed by atoms with Gasteiger partial charge in [0.15, 0.2) is 5.78 Å². The van der Waals surface area contributed by atoms with E-state index in [4.69, 9.17) is 28.9 Å². The van der Waals surface area contributed by atoms with Gasteiger partial charge in [0.05, 0.1) is 16.1 Å². The van der Waals surface area contributed by atoms with E-state index in [0.29, 0.717) is 10.6 Å². The lowest BCUT2D eigenvalue weighted by Crippen LogP contribution is -2.21. The first-order valence-electron chi connectivity index (χ1n) is 5.40. The maximum Gasteiger partial charge on any atom is 0.185 e. The number of halogens is 2. The van der Waals surface area contributed by atoms with Crippen LogP contribution in [0.4, 0.5) is 0 Å². The van der Waals surface area contributed by atoms with E-state index in [9.17, 15) is 4.79 Å². The molecule has 0 saturated heterocycles. The van der Waals surface area contributed by atoms with Gasteiger partial charge in [-0.15, -0.1) is 0 Å². The number of ketones is 1. The largest absolute Gasteiger partial charge is 0.318 e. The molecule has 0 aliphatic rings. The van der Waals surface area contributed by atoms with Gasteiger partial charge in [-0.05, 0) is 17.7 Å². The van der Waals surface area contributed by atoms with Gasteiger partial charge in [-0.3, -0.25) is 4.79 Å². The molecule has 18 heavy (non-hydrogen) atoms. The topological polar surface area (TPSA) is 43.1 Å². The molecule has 4 heteroatoms. The standard InChI is InChI=1S/C14H11Cl2NO/c15-11-8-4-7-10(12(11)16)14(18)13(17)9-5-2-1-3-6-9/h1-8,13H,17H2. The van der Waals surface area contributed by atoms with Crippen LogP contribution in [0, 0.1) is 0 Å². The molecule has 2 rings (SSSR count). The van der Waals surface area contributed by atoms with Gasteiger partial charge < -0.3 is 5.73 Å². The third kappa shape index (κ3) is 2.56. The highest BCUT2D eigenvalue weighted by molar-refractivity contribution is 6.44. The van der Waals surface area contributed by atoms with Gasteiger partial charge in [-0.25, -0.2) is 0 Å². The zero-order chi connectivity index (χ0) is 13.1. The second-order valence-corrected chi connectivity index (χ2v) is 4.64. The van der Waals surface area contributed by atoms with Crippen LogP contribution in [0.25, 0.3) is 0 Å².